The molecule has 2 aromatic carbocycles. The van der Waals surface area contributed by atoms with Crippen molar-refractivity contribution in [3.8, 4) is 11.5 Å². The fraction of sp³-hybridized carbons (Fsp3) is 0.484. The summed E-state index contributed by atoms with van der Waals surface area (Å²) >= 11 is 0. The molecule has 3 aliphatic rings. The van der Waals surface area contributed by atoms with Gasteiger partial charge >= 0.3 is 6.03 Å². The fourth-order valence-electron chi connectivity index (χ4n) is 6.18. The van der Waals surface area contributed by atoms with Crippen molar-refractivity contribution in [2.24, 2.45) is 0 Å². The monoisotopic (exact) mass is 558 g/mol. The first-order chi connectivity index (χ1) is 20.1. The van der Waals surface area contributed by atoms with Crippen LogP contribution in [0.3, 0.4) is 0 Å². The van der Waals surface area contributed by atoms with Gasteiger partial charge in [0.2, 0.25) is 5.91 Å². The van der Waals surface area contributed by atoms with Gasteiger partial charge in [0.25, 0.3) is 0 Å². The number of nitrogens with one attached hydrogen (secondary N) is 1. The predicted molar refractivity (Wildman–Crippen MR) is 158 cm³/mol. The number of aromatic nitrogens is 2. The number of anilines is 2. The summed E-state index contributed by atoms with van der Waals surface area (Å²) < 4.78 is 11.7. The van der Waals surface area contributed by atoms with Crippen molar-refractivity contribution in [2.75, 3.05) is 63.2 Å². The minimum Gasteiger partial charge on any atom is -0.493 e. The maximum Gasteiger partial charge on any atom is 0.321 e. The molecule has 0 atom stereocenters. The van der Waals surface area contributed by atoms with E-state index in [1.165, 1.54) is 18.5 Å². The molecule has 0 bridgehead atoms. The van der Waals surface area contributed by atoms with Gasteiger partial charge in [0, 0.05) is 67.9 Å². The van der Waals surface area contributed by atoms with Crippen LogP contribution in [0.5, 0.6) is 11.5 Å². The van der Waals surface area contributed by atoms with Gasteiger partial charge in [-0.05, 0) is 62.4 Å². The van der Waals surface area contributed by atoms with E-state index in [-0.39, 0.29) is 17.9 Å². The fourth-order valence-corrected chi connectivity index (χ4v) is 6.18. The highest BCUT2D eigenvalue weighted by atomic mass is 16.5. The van der Waals surface area contributed by atoms with Crippen LogP contribution in [0.15, 0.2) is 42.7 Å². The molecule has 3 amide bonds. The molecule has 10 heteroatoms. The molecule has 3 aliphatic heterocycles. The summed E-state index contributed by atoms with van der Waals surface area (Å²) in [7, 11) is 1.62. The Balaban J connectivity index is 1.07. The number of rotatable bonds is 8. The van der Waals surface area contributed by atoms with Crippen LogP contribution in [0.2, 0.25) is 0 Å². The average Bonchev–Trinajstić information content (AvgIpc) is 3.69. The van der Waals surface area contributed by atoms with Crippen LogP contribution in [0.4, 0.5) is 16.2 Å². The van der Waals surface area contributed by atoms with Crippen molar-refractivity contribution in [2.45, 2.75) is 44.4 Å². The highest BCUT2D eigenvalue weighted by Gasteiger charge is 2.27. The van der Waals surface area contributed by atoms with E-state index in [9.17, 15) is 9.59 Å². The molecule has 6 rings (SSSR count). The smallest absolute Gasteiger partial charge is 0.321 e. The molecular weight excluding hydrogens is 520 g/mol. The summed E-state index contributed by atoms with van der Waals surface area (Å²) in [6, 6.07) is 11.9. The summed E-state index contributed by atoms with van der Waals surface area (Å²) in [6.07, 6.45) is 7.25. The van der Waals surface area contributed by atoms with Gasteiger partial charge < -0.3 is 29.5 Å². The molecule has 0 aliphatic carbocycles. The van der Waals surface area contributed by atoms with Crippen LogP contribution in [0.1, 0.15) is 50.1 Å². The number of hydrogen-bond donors (Lipinski definition) is 1. The lowest BCUT2D eigenvalue weighted by atomic mass is 9.91. The number of carbonyl (C=O) groups is 2. The summed E-state index contributed by atoms with van der Waals surface area (Å²) in [5, 5.41) is 4.00. The zero-order chi connectivity index (χ0) is 28.2. The van der Waals surface area contributed by atoms with Gasteiger partial charge in [-0.2, -0.15) is 0 Å². The average molecular weight is 559 g/mol. The van der Waals surface area contributed by atoms with Crippen LogP contribution < -0.4 is 19.7 Å². The summed E-state index contributed by atoms with van der Waals surface area (Å²) in [5.74, 6) is 1.62. The number of likely N-dealkylation sites (tertiary alicyclic amines) is 2. The Kier molecular flexibility index (Phi) is 8.07. The van der Waals surface area contributed by atoms with Crippen molar-refractivity contribution in [3.63, 3.8) is 0 Å². The number of hydrogen-bond acceptors (Lipinski definition) is 7. The first-order valence-electron chi connectivity index (χ1n) is 14.7. The third-order valence-corrected chi connectivity index (χ3v) is 8.50. The zero-order valence-corrected chi connectivity index (χ0v) is 23.7. The number of methoxy groups -OCH3 is 1. The lowest BCUT2D eigenvalue weighted by molar-refractivity contribution is -0.128. The van der Waals surface area contributed by atoms with E-state index in [2.05, 4.69) is 32.3 Å². The maximum absolute atomic E-state index is 13.0. The number of amides is 3. The second-order valence-corrected chi connectivity index (χ2v) is 11.0. The molecule has 0 radical (unpaired) electrons. The van der Waals surface area contributed by atoms with E-state index in [0.717, 1.165) is 61.2 Å². The molecule has 41 heavy (non-hydrogen) atoms. The van der Waals surface area contributed by atoms with Crippen LogP contribution in [-0.4, -0.2) is 84.7 Å². The van der Waals surface area contributed by atoms with Crippen LogP contribution in [0, 0.1) is 0 Å². The van der Waals surface area contributed by atoms with Crippen molar-refractivity contribution >= 4 is 34.2 Å². The predicted octanol–water partition coefficient (Wildman–Crippen LogP) is 4.65. The van der Waals surface area contributed by atoms with E-state index in [0.29, 0.717) is 44.2 Å². The molecule has 3 aromatic rings. The van der Waals surface area contributed by atoms with Gasteiger partial charge in [0.15, 0.2) is 11.5 Å². The molecule has 216 valence electrons. The molecule has 3 fully saturated rings. The first-order valence-corrected chi connectivity index (χ1v) is 14.7. The van der Waals surface area contributed by atoms with E-state index < -0.39 is 0 Å². The van der Waals surface area contributed by atoms with Crippen LogP contribution >= 0.6 is 0 Å². The van der Waals surface area contributed by atoms with Gasteiger partial charge in [0.1, 0.15) is 12.9 Å². The number of piperidine rings is 1. The van der Waals surface area contributed by atoms with Gasteiger partial charge in [-0.25, -0.2) is 14.8 Å². The quantitative estimate of drug-likeness (QED) is 0.430. The van der Waals surface area contributed by atoms with E-state index >= 15 is 0 Å². The van der Waals surface area contributed by atoms with Gasteiger partial charge in [-0.15, -0.1) is 0 Å². The summed E-state index contributed by atoms with van der Waals surface area (Å²) in [6.45, 7) is 5.26. The number of carbonyl (C=O) groups excluding carboxylic acids is 2. The Morgan fingerprint density at radius 3 is 2.46 bits per heavy atom. The van der Waals surface area contributed by atoms with Gasteiger partial charge in [-0.3, -0.25) is 4.79 Å². The first kappa shape index (κ1) is 27.1. The number of ether oxygens (including phenoxy) is 2. The lowest BCUT2D eigenvalue weighted by Crippen LogP contribution is -2.40. The summed E-state index contributed by atoms with van der Waals surface area (Å²) in [4.78, 5) is 40.2. The molecular formula is C31H38N6O4. The Labute approximate surface area is 240 Å². The normalized spacial score (nSPS) is 17.9. The largest absolute Gasteiger partial charge is 0.493 e. The van der Waals surface area contributed by atoms with Crippen LogP contribution in [-0.2, 0) is 4.79 Å². The second-order valence-electron chi connectivity index (χ2n) is 11.0. The van der Waals surface area contributed by atoms with E-state index in [1.54, 1.807) is 13.4 Å². The minimum atomic E-state index is -0.0657. The van der Waals surface area contributed by atoms with Crippen molar-refractivity contribution in [1.29, 1.82) is 0 Å². The van der Waals surface area contributed by atoms with Gasteiger partial charge in [0.05, 0.1) is 24.9 Å². The minimum absolute atomic E-state index is 0.0657. The highest BCUT2D eigenvalue weighted by molar-refractivity contribution is 5.90. The molecule has 0 spiro atoms. The number of nitrogens with zero attached hydrogens (tertiary/aromatic N) is 5. The topological polar surface area (TPSA) is 100 Å². The van der Waals surface area contributed by atoms with Crippen molar-refractivity contribution in [3.05, 3.63) is 48.4 Å². The molecule has 1 aromatic heterocycles. The molecule has 0 saturated carbocycles. The SMILES string of the molecule is COc1cc2c(C3CCN(C(=O)Nc4ccc(N5CCCC5)cc4)CC3)ncnc2cc1OCCN1CCCC1=O. The number of urea groups is 1. The highest BCUT2D eigenvalue weighted by Crippen LogP contribution is 2.37. The molecule has 3 saturated heterocycles. The van der Waals surface area contributed by atoms with Crippen molar-refractivity contribution < 1.29 is 19.1 Å². The summed E-state index contributed by atoms with van der Waals surface area (Å²) in [5.41, 5.74) is 3.80. The third-order valence-electron chi connectivity index (χ3n) is 8.50. The molecule has 4 heterocycles. The van der Waals surface area contributed by atoms with Crippen LogP contribution in [0.25, 0.3) is 10.9 Å². The van der Waals surface area contributed by atoms with Gasteiger partial charge in [-0.1, -0.05) is 0 Å². The van der Waals surface area contributed by atoms with Crippen molar-refractivity contribution in [1.82, 2.24) is 19.8 Å². The standard InChI is InChI=1S/C31H38N6O4/c1-40-27-19-25-26(20-28(27)41-18-17-36-14-4-5-29(36)38)32-21-33-30(25)22-10-15-37(16-11-22)31(39)34-23-6-8-24(9-7-23)35-12-2-3-13-35/h6-9,19-22H,2-5,10-18H2,1H3,(H,34,39). The molecule has 10 nitrogen and oxygen atoms in total. The Bertz CT molecular complexity index is 1380. The Morgan fingerprint density at radius 1 is 0.976 bits per heavy atom. The lowest BCUT2D eigenvalue weighted by Gasteiger charge is -2.32. The number of benzene rings is 2. The second kappa shape index (κ2) is 12.2. The molecule has 1 N–H and O–H groups in total. The zero-order valence-electron chi connectivity index (χ0n) is 23.7. The van der Waals surface area contributed by atoms with E-state index in [1.807, 2.05) is 34.1 Å². The Hall–Kier alpha value is -4.08. The third kappa shape index (κ3) is 6.01. The maximum atomic E-state index is 13.0. The van der Waals surface area contributed by atoms with E-state index in [4.69, 9.17) is 9.47 Å². The molecule has 0 unspecified atom stereocenters. The number of fused-ring (bicyclic) bond motifs is 1. The Morgan fingerprint density at radius 2 is 1.76 bits per heavy atom.